The Balaban J connectivity index is 1.52. The Bertz CT molecular complexity index is 1400. The first-order valence-corrected chi connectivity index (χ1v) is 17.1. The summed E-state index contributed by atoms with van der Waals surface area (Å²) in [7, 11) is -7.14. The van der Waals surface area contributed by atoms with Crippen LogP contribution in [0.15, 0.2) is 36.4 Å². The standard InChI is InChI=1S/C25H33N3O8S3/c1-38(31,32)26-17-23(30)27-19-8-6-7-18(15-19)20-10-11-21(37-20)25(12-3-5-14-39(25,33)34)16-22(29)28-36-24-9-2-4-13-35-24/h6-8,10-11,15,24,26H,2-5,9,12-14,16-17H2,1H3,(H,27,30)(H,28,29)/t24?,25-/m0/s1. The lowest BCUT2D eigenvalue weighted by Crippen LogP contribution is -2.45. The Morgan fingerprint density at radius 1 is 1.13 bits per heavy atom. The van der Waals surface area contributed by atoms with Crippen LogP contribution >= 0.6 is 11.3 Å². The van der Waals surface area contributed by atoms with Crippen molar-refractivity contribution < 1.29 is 36.0 Å². The van der Waals surface area contributed by atoms with Crippen LogP contribution in [0.1, 0.15) is 49.8 Å². The molecule has 0 radical (unpaired) electrons. The second-order valence-corrected chi connectivity index (χ2v) is 15.1. The van der Waals surface area contributed by atoms with Gasteiger partial charge >= 0.3 is 0 Å². The maximum absolute atomic E-state index is 13.5. The van der Waals surface area contributed by atoms with Gasteiger partial charge in [-0.3, -0.25) is 9.59 Å². The molecule has 2 aromatic rings. The number of anilines is 1. The minimum atomic E-state index is -3.64. The first kappa shape index (κ1) is 29.6. The maximum Gasteiger partial charge on any atom is 0.245 e. The third-order valence-corrected chi connectivity index (χ3v) is 11.4. The van der Waals surface area contributed by atoms with Crippen LogP contribution < -0.4 is 15.5 Å². The number of hydroxylamine groups is 1. The Hall–Kier alpha value is -2.36. The molecule has 0 saturated carbocycles. The molecule has 4 rings (SSSR count). The number of nitrogens with one attached hydrogen (secondary N) is 3. The van der Waals surface area contributed by atoms with E-state index >= 15 is 0 Å². The van der Waals surface area contributed by atoms with Crippen molar-refractivity contribution in [1.82, 2.24) is 10.2 Å². The molecule has 1 unspecified atom stereocenters. The number of hydrogen-bond donors (Lipinski definition) is 3. The van der Waals surface area contributed by atoms with Gasteiger partial charge in [0, 0.05) is 28.5 Å². The zero-order valence-corrected chi connectivity index (χ0v) is 24.1. The first-order chi connectivity index (χ1) is 18.5. The molecule has 1 aromatic heterocycles. The molecule has 2 fully saturated rings. The molecule has 3 N–H and O–H groups in total. The summed E-state index contributed by atoms with van der Waals surface area (Å²) in [5, 5.41) is 2.65. The minimum Gasteiger partial charge on any atom is -0.350 e. The third-order valence-electron chi connectivity index (χ3n) is 6.71. The maximum atomic E-state index is 13.5. The highest BCUT2D eigenvalue weighted by Crippen LogP contribution is 2.47. The van der Waals surface area contributed by atoms with Gasteiger partial charge in [0.2, 0.25) is 21.8 Å². The van der Waals surface area contributed by atoms with Gasteiger partial charge in [-0.25, -0.2) is 31.9 Å². The summed E-state index contributed by atoms with van der Waals surface area (Å²) >= 11 is 1.29. The zero-order chi connectivity index (χ0) is 28.1. The molecule has 214 valence electrons. The largest absolute Gasteiger partial charge is 0.350 e. The number of sulfone groups is 1. The highest BCUT2D eigenvalue weighted by atomic mass is 32.2. The fourth-order valence-electron chi connectivity index (χ4n) is 4.74. The quantitative estimate of drug-likeness (QED) is 0.352. The molecule has 0 aliphatic carbocycles. The van der Waals surface area contributed by atoms with Crippen LogP contribution in [0, 0.1) is 0 Å². The van der Waals surface area contributed by atoms with Crippen LogP contribution in [-0.2, 0) is 43.8 Å². The molecule has 2 amide bonds. The second kappa shape index (κ2) is 12.4. The SMILES string of the molecule is CS(=O)(=O)NCC(=O)Nc1cccc(-c2ccc([C@@]3(CC(=O)NOC4CCCCO4)CCCCS3(=O)=O)s2)c1. The molecule has 11 nitrogen and oxygen atoms in total. The van der Waals surface area contributed by atoms with Crippen molar-refractivity contribution >= 4 is 48.7 Å². The second-order valence-electron chi connectivity index (χ2n) is 9.77. The van der Waals surface area contributed by atoms with E-state index in [4.69, 9.17) is 9.57 Å². The molecule has 2 atom stereocenters. The number of amides is 2. The van der Waals surface area contributed by atoms with Gasteiger partial charge < -0.3 is 10.1 Å². The Morgan fingerprint density at radius 3 is 2.67 bits per heavy atom. The van der Waals surface area contributed by atoms with Gasteiger partial charge in [-0.2, -0.15) is 0 Å². The molecular formula is C25H33N3O8S3. The third kappa shape index (κ3) is 7.64. The van der Waals surface area contributed by atoms with Gasteiger partial charge in [-0.1, -0.05) is 18.6 Å². The number of thiophene rings is 1. The van der Waals surface area contributed by atoms with E-state index in [2.05, 4.69) is 15.5 Å². The number of hydrogen-bond acceptors (Lipinski definition) is 9. The normalized spacial score (nSPS) is 23.2. The number of benzene rings is 1. The van der Waals surface area contributed by atoms with Gasteiger partial charge in [0.15, 0.2) is 16.1 Å². The summed E-state index contributed by atoms with van der Waals surface area (Å²) in [6.07, 6.45) is 4.25. The molecule has 39 heavy (non-hydrogen) atoms. The van der Waals surface area contributed by atoms with E-state index in [-0.39, 0.29) is 12.2 Å². The summed E-state index contributed by atoms with van der Waals surface area (Å²) in [4.78, 5) is 31.8. The fourth-order valence-corrected chi connectivity index (χ4v) is 8.91. The molecule has 2 saturated heterocycles. The average Bonchev–Trinajstić information content (AvgIpc) is 3.39. The number of rotatable bonds is 10. The van der Waals surface area contributed by atoms with E-state index < -0.39 is 49.3 Å². The van der Waals surface area contributed by atoms with Gasteiger partial charge in [0.1, 0.15) is 4.75 Å². The molecule has 1 aromatic carbocycles. The molecule has 3 heterocycles. The minimum absolute atomic E-state index is 0.00311. The van der Waals surface area contributed by atoms with Crippen molar-refractivity contribution in [2.75, 3.05) is 30.5 Å². The zero-order valence-electron chi connectivity index (χ0n) is 21.6. The number of carbonyl (C=O) groups excluding carboxylic acids is 2. The summed E-state index contributed by atoms with van der Waals surface area (Å²) in [6, 6.07) is 10.5. The first-order valence-electron chi connectivity index (χ1n) is 12.7. The molecule has 14 heteroatoms. The van der Waals surface area contributed by atoms with Crippen LogP contribution in [0.25, 0.3) is 10.4 Å². The van der Waals surface area contributed by atoms with Crippen molar-refractivity contribution in [2.24, 2.45) is 0 Å². The van der Waals surface area contributed by atoms with E-state index in [0.29, 0.717) is 42.9 Å². The lowest BCUT2D eigenvalue weighted by molar-refractivity contribution is -0.200. The fraction of sp³-hybridized carbons (Fsp3) is 0.520. The van der Waals surface area contributed by atoms with Gasteiger partial charge in [-0.05, 0) is 55.5 Å². The van der Waals surface area contributed by atoms with Crippen molar-refractivity contribution in [3.63, 3.8) is 0 Å². The lowest BCUT2D eigenvalue weighted by Gasteiger charge is -2.35. The van der Waals surface area contributed by atoms with Gasteiger partial charge in [0.25, 0.3) is 0 Å². The van der Waals surface area contributed by atoms with Crippen LogP contribution in [0.5, 0.6) is 0 Å². The smallest absolute Gasteiger partial charge is 0.245 e. The van der Waals surface area contributed by atoms with E-state index in [0.717, 1.165) is 29.5 Å². The predicted octanol–water partition coefficient (Wildman–Crippen LogP) is 2.66. The molecular weight excluding hydrogens is 566 g/mol. The number of carbonyl (C=O) groups is 2. The van der Waals surface area contributed by atoms with E-state index in [1.165, 1.54) is 11.3 Å². The van der Waals surface area contributed by atoms with Gasteiger partial charge in [-0.15, -0.1) is 11.3 Å². The van der Waals surface area contributed by atoms with Crippen molar-refractivity contribution in [2.45, 2.75) is 56.0 Å². The average molecular weight is 600 g/mol. The predicted molar refractivity (Wildman–Crippen MR) is 148 cm³/mol. The monoisotopic (exact) mass is 599 g/mol. The number of sulfonamides is 1. The lowest BCUT2D eigenvalue weighted by atomic mass is 9.94. The van der Waals surface area contributed by atoms with E-state index in [9.17, 15) is 26.4 Å². The molecule has 0 bridgehead atoms. The topological polar surface area (TPSA) is 157 Å². The summed E-state index contributed by atoms with van der Waals surface area (Å²) < 4.78 is 55.7. The summed E-state index contributed by atoms with van der Waals surface area (Å²) in [5.74, 6) is -1.04. The molecule has 0 spiro atoms. The van der Waals surface area contributed by atoms with E-state index in [1.807, 2.05) is 12.1 Å². The Kier molecular flexibility index (Phi) is 9.45. The van der Waals surface area contributed by atoms with Crippen molar-refractivity contribution in [3.8, 4) is 10.4 Å². The highest BCUT2D eigenvalue weighted by Gasteiger charge is 2.49. The Labute approximate surface area is 232 Å². The van der Waals surface area contributed by atoms with Crippen LogP contribution in [0.2, 0.25) is 0 Å². The summed E-state index contributed by atoms with van der Waals surface area (Å²) in [5.41, 5.74) is 3.61. The number of ether oxygens (including phenoxy) is 1. The highest BCUT2D eigenvalue weighted by molar-refractivity contribution is 7.92. The Morgan fingerprint density at radius 2 is 1.95 bits per heavy atom. The summed E-state index contributed by atoms with van der Waals surface area (Å²) in [6.45, 7) is 0.157. The van der Waals surface area contributed by atoms with Crippen molar-refractivity contribution in [1.29, 1.82) is 0 Å². The molecule has 2 aliphatic heterocycles. The van der Waals surface area contributed by atoms with Gasteiger partial charge in [0.05, 0.1) is 25.0 Å². The van der Waals surface area contributed by atoms with Crippen LogP contribution in [0.3, 0.4) is 0 Å². The van der Waals surface area contributed by atoms with E-state index in [1.54, 1.807) is 24.3 Å². The van der Waals surface area contributed by atoms with Crippen LogP contribution in [-0.4, -0.2) is 60.1 Å². The van der Waals surface area contributed by atoms with Crippen LogP contribution in [0.4, 0.5) is 5.69 Å². The van der Waals surface area contributed by atoms with Crippen molar-refractivity contribution in [3.05, 3.63) is 41.3 Å². The molecule has 2 aliphatic rings.